The van der Waals surface area contributed by atoms with Gasteiger partial charge in [-0.1, -0.05) is 0 Å². The highest BCUT2D eigenvalue weighted by molar-refractivity contribution is 7.85. The predicted octanol–water partition coefficient (Wildman–Crippen LogP) is 2.87. The Morgan fingerprint density at radius 3 is 1.63 bits per heavy atom. The van der Waals surface area contributed by atoms with Gasteiger partial charge < -0.3 is 5.32 Å². The SMILES string of the molecule is O=C(CCC(F)(F)C(F)(F)C(F)(F)C(F)(F)C(F)(F)F)NCCS(=O)(=O)O. The van der Waals surface area contributed by atoms with Gasteiger partial charge in [-0.15, -0.1) is 0 Å². The van der Waals surface area contributed by atoms with Crippen LogP contribution in [0.3, 0.4) is 0 Å². The number of nitrogens with one attached hydrogen (secondary N) is 1. The third-order valence-corrected chi connectivity index (χ3v) is 3.67. The molecule has 0 radical (unpaired) electrons. The fourth-order valence-corrected chi connectivity index (χ4v) is 1.80. The Labute approximate surface area is 143 Å². The Morgan fingerprint density at radius 2 is 1.26 bits per heavy atom. The minimum Gasteiger partial charge on any atom is -0.355 e. The Kier molecular flexibility index (Phi) is 7.17. The van der Waals surface area contributed by atoms with Crippen LogP contribution in [0, 0.1) is 0 Å². The van der Waals surface area contributed by atoms with Crippen LogP contribution in [0.1, 0.15) is 12.8 Å². The highest BCUT2D eigenvalue weighted by Crippen LogP contribution is 2.58. The van der Waals surface area contributed by atoms with E-state index in [9.17, 15) is 61.5 Å². The molecular formula is C10H10F11NO4S. The summed E-state index contributed by atoms with van der Waals surface area (Å²) >= 11 is 0. The van der Waals surface area contributed by atoms with Gasteiger partial charge in [0.15, 0.2) is 0 Å². The highest BCUT2D eigenvalue weighted by atomic mass is 32.2. The van der Waals surface area contributed by atoms with E-state index >= 15 is 0 Å². The van der Waals surface area contributed by atoms with Gasteiger partial charge in [-0.3, -0.25) is 9.35 Å². The first kappa shape index (κ1) is 25.6. The monoisotopic (exact) mass is 449 g/mol. The van der Waals surface area contributed by atoms with Crippen LogP contribution in [0.2, 0.25) is 0 Å². The molecule has 0 fully saturated rings. The molecule has 0 aromatic heterocycles. The maximum atomic E-state index is 13.2. The topological polar surface area (TPSA) is 83.5 Å². The van der Waals surface area contributed by atoms with Crippen LogP contribution in [0.5, 0.6) is 0 Å². The fourth-order valence-electron chi connectivity index (χ4n) is 1.44. The summed E-state index contributed by atoms with van der Waals surface area (Å²) in [6.45, 7) is -0.915. The van der Waals surface area contributed by atoms with E-state index in [1.54, 1.807) is 0 Å². The summed E-state index contributed by atoms with van der Waals surface area (Å²) in [5.74, 6) is -31.2. The molecule has 27 heavy (non-hydrogen) atoms. The van der Waals surface area contributed by atoms with Gasteiger partial charge in [0.25, 0.3) is 10.1 Å². The number of carbonyl (C=O) groups is 1. The van der Waals surface area contributed by atoms with Crippen LogP contribution >= 0.6 is 0 Å². The van der Waals surface area contributed by atoms with Crippen molar-refractivity contribution in [2.45, 2.75) is 42.7 Å². The summed E-state index contributed by atoms with van der Waals surface area (Å²) < 4.78 is 168. The molecule has 0 aromatic carbocycles. The van der Waals surface area contributed by atoms with Crippen molar-refractivity contribution in [1.82, 2.24) is 5.32 Å². The summed E-state index contributed by atoms with van der Waals surface area (Å²) in [4.78, 5) is 11.0. The molecule has 0 aliphatic rings. The molecule has 0 rings (SSSR count). The number of alkyl halides is 11. The van der Waals surface area contributed by atoms with Crippen LogP contribution in [0.4, 0.5) is 48.3 Å². The second-order valence-electron chi connectivity index (χ2n) is 5.06. The van der Waals surface area contributed by atoms with Crippen molar-refractivity contribution in [2.75, 3.05) is 12.3 Å². The zero-order chi connectivity index (χ0) is 22.1. The second-order valence-corrected chi connectivity index (χ2v) is 6.63. The summed E-state index contributed by atoms with van der Waals surface area (Å²) in [7, 11) is -4.61. The van der Waals surface area contributed by atoms with Gasteiger partial charge in [0, 0.05) is 19.4 Å². The predicted molar refractivity (Wildman–Crippen MR) is 64.5 cm³/mol. The summed E-state index contributed by atoms with van der Waals surface area (Å²) in [6.07, 6.45) is -11.6. The number of rotatable bonds is 9. The number of halogens is 11. The molecule has 0 spiro atoms. The van der Waals surface area contributed by atoms with Crippen molar-refractivity contribution in [3.63, 3.8) is 0 Å². The van der Waals surface area contributed by atoms with Crippen molar-refractivity contribution in [2.24, 2.45) is 0 Å². The van der Waals surface area contributed by atoms with E-state index in [-0.39, 0.29) is 0 Å². The first-order valence-corrected chi connectivity index (χ1v) is 8.01. The molecule has 0 aliphatic carbocycles. The number of hydrogen-bond acceptors (Lipinski definition) is 3. The molecule has 5 nitrogen and oxygen atoms in total. The first-order chi connectivity index (χ1) is 11.6. The zero-order valence-electron chi connectivity index (χ0n) is 12.6. The van der Waals surface area contributed by atoms with E-state index in [1.165, 1.54) is 5.32 Å². The summed E-state index contributed by atoms with van der Waals surface area (Å²) in [6, 6.07) is 0. The second kappa shape index (κ2) is 7.56. The Hall–Kier alpha value is -1.39. The largest absolute Gasteiger partial charge is 0.460 e. The molecule has 0 aromatic rings. The minimum absolute atomic E-state index is 0.915. The van der Waals surface area contributed by atoms with Crippen molar-refractivity contribution in [3.8, 4) is 0 Å². The number of amides is 1. The molecule has 17 heteroatoms. The molecule has 0 atom stereocenters. The Morgan fingerprint density at radius 1 is 0.815 bits per heavy atom. The van der Waals surface area contributed by atoms with E-state index in [0.717, 1.165) is 0 Å². The fraction of sp³-hybridized carbons (Fsp3) is 0.900. The lowest BCUT2D eigenvalue weighted by Crippen LogP contribution is -2.66. The third kappa shape index (κ3) is 5.55. The Balaban J connectivity index is 5.25. The lowest BCUT2D eigenvalue weighted by atomic mass is 9.95. The quantitative estimate of drug-likeness (QED) is 0.419. The molecule has 0 aliphatic heterocycles. The van der Waals surface area contributed by atoms with Crippen molar-refractivity contribution < 1.29 is 66.1 Å². The van der Waals surface area contributed by atoms with Gasteiger partial charge in [-0.25, -0.2) is 0 Å². The van der Waals surface area contributed by atoms with Gasteiger partial charge in [0.05, 0.1) is 5.75 Å². The van der Waals surface area contributed by atoms with E-state index in [2.05, 4.69) is 0 Å². The maximum absolute atomic E-state index is 13.2. The van der Waals surface area contributed by atoms with Gasteiger partial charge in [0.1, 0.15) is 0 Å². The molecule has 2 N–H and O–H groups in total. The van der Waals surface area contributed by atoms with E-state index in [4.69, 9.17) is 4.55 Å². The molecule has 1 amide bonds. The molecule has 0 saturated heterocycles. The van der Waals surface area contributed by atoms with Crippen LogP contribution in [0.15, 0.2) is 0 Å². The number of hydrogen-bond donors (Lipinski definition) is 2. The average molecular weight is 449 g/mol. The molecule has 162 valence electrons. The van der Waals surface area contributed by atoms with E-state index in [1.807, 2.05) is 0 Å². The smallest absolute Gasteiger partial charge is 0.355 e. The van der Waals surface area contributed by atoms with Gasteiger partial charge >= 0.3 is 29.9 Å². The normalized spacial score (nSPS) is 15.0. The van der Waals surface area contributed by atoms with Crippen molar-refractivity contribution in [3.05, 3.63) is 0 Å². The van der Waals surface area contributed by atoms with Gasteiger partial charge in [-0.05, 0) is 0 Å². The lowest BCUT2D eigenvalue weighted by molar-refractivity contribution is -0.422. The highest BCUT2D eigenvalue weighted by Gasteiger charge is 2.86. The molecule has 0 saturated carbocycles. The van der Waals surface area contributed by atoms with Crippen molar-refractivity contribution >= 4 is 16.0 Å². The summed E-state index contributed by atoms with van der Waals surface area (Å²) in [5.41, 5.74) is 0. The van der Waals surface area contributed by atoms with Crippen LogP contribution in [0.25, 0.3) is 0 Å². The molecule has 0 heterocycles. The van der Waals surface area contributed by atoms with E-state index < -0.39 is 71.0 Å². The van der Waals surface area contributed by atoms with E-state index in [0.29, 0.717) is 0 Å². The third-order valence-electron chi connectivity index (χ3n) is 2.95. The first-order valence-electron chi connectivity index (χ1n) is 6.40. The molecular weight excluding hydrogens is 439 g/mol. The van der Waals surface area contributed by atoms with Gasteiger partial charge in [0.2, 0.25) is 5.91 Å². The standard InChI is InChI=1S/C10H10F11NO4S/c11-6(12,2-1-5(23)22-3-4-27(24,25)26)7(13,14)8(15,16)9(17,18)10(19,20)21/h1-4H2,(H,22,23)(H,24,25,26). The van der Waals surface area contributed by atoms with Crippen molar-refractivity contribution in [1.29, 1.82) is 0 Å². The maximum Gasteiger partial charge on any atom is 0.460 e. The van der Waals surface area contributed by atoms with Crippen LogP contribution in [-0.2, 0) is 14.9 Å². The minimum atomic E-state index is -7.55. The number of carbonyl (C=O) groups excluding carboxylic acids is 1. The molecule has 0 unspecified atom stereocenters. The Bertz CT molecular complexity index is 644. The zero-order valence-corrected chi connectivity index (χ0v) is 13.4. The average Bonchev–Trinajstić information content (AvgIpc) is 2.42. The lowest BCUT2D eigenvalue weighted by Gasteiger charge is -2.37. The molecule has 0 bridgehead atoms. The van der Waals surface area contributed by atoms with Crippen LogP contribution < -0.4 is 5.32 Å². The summed E-state index contributed by atoms with van der Waals surface area (Å²) in [5, 5.41) is 1.48. The van der Waals surface area contributed by atoms with Gasteiger partial charge in [-0.2, -0.15) is 56.7 Å². The van der Waals surface area contributed by atoms with Crippen LogP contribution in [-0.4, -0.2) is 61.0 Å².